The van der Waals surface area contributed by atoms with E-state index in [1.54, 1.807) is 5.57 Å². The average Bonchev–Trinajstić information content (AvgIpc) is 2.85. The van der Waals surface area contributed by atoms with Crippen LogP contribution in [0.2, 0.25) is 0 Å². The second kappa shape index (κ2) is 6.88. The molecule has 0 saturated heterocycles. The van der Waals surface area contributed by atoms with Gasteiger partial charge in [-0.05, 0) is 49.9 Å². The van der Waals surface area contributed by atoms with E-state index in [9.17, 15) is 0 Å². The summed E-state index contributed by atoms with van der Waals surface area (Å²) < 4.78 is 2.30. The molecule has 0 heterocycles. The average molecular weight is 373 g/mol. The number of nitrogens with one attached hydrogen (secondary N) is 1. The first-order valence-corrected chi connectivity index (χ1v) is 8.18. The summed E-state index contributed by atoms with van der Waals surface area (Å²) in [7, 11) is 0. The number of rotatable bonds is 5. The fraction of sp³-hybridized carbons (Fsp3) is 0.467. The van der Waals surface area contributed by atoms with Crippen molar-refractivity contribution in [2.24, 2.45) is 0 Å². The highest BCUT2D eigenvalue weighted by Crippen LogP contribution is 2.35. The fourth-order valence-corrected chi connectivity index (χ4v) is 3.70. The largest absolute Gasteiger partial charge is 0.307 e. The van der Waals surface area contributed by atoms with Crippen LogP contribution in [0.1, 0.15) is 44.2 Å². The van der Waals surface area contributed by atoms with Gasteiger partial charge in [-0.15, -0.1) is 0 Å². The molecule has 18 heavy (non-hydrogen) atoms. The summed E-state index contributed by atoms with van der Waals surface area (Å²) in [4.78, 5) is 0. The smallest absolute Gasteiger partial charge is 0.0547 e. The van der Waals surface area contributed by atoms with E-state index in [1.807, 2.05) is 0 Å². The first-order chi connectivity index (χ1) is 8.72. The molecule has 0 saturated carbocycles. The maximum absolute atomic E-state index is 3.69. The van der Waals surface area contributed by atoms with Crippen LogP contribution in [0.3, 0.4) is 0 Å². The molecule has 0 fully saturated rings. The third-order valence-electron chi connectivity index (χ3n) is 3.32. The fourth-order valence-electron chi connectivity index (χ4n) is 2.42. The Hall–Kier alpha value is -0.120. The van der Waals surface area contributed by atoms with E-state index < -0.39 is 0 Å². The highest BCUT2D eigenvalue weighted by Gasteiger charge is 2.20. The molecule has 0 aliphatic heterocycles. The van der Waals surface area contributed by atoms with E-state index in [4.69, 9.17) is 0 Å². The molecule has 1 aromatic rings. The van der Waals surface area contributed by atoms with E-state index in [-0.39, 0.29) is 0 Å². The molecule has 1 N–H and O–H groups in total. The minimum absolute atomic E-state index is 0.370. The molecular weight excluding hydrogens is 354 g/mol. The molecule has 0 amide bonds. The Kier molecular flexibility index (Phi) is 5.46. The first kappa shape index (κ1) is 14.3. The lowest BCUT2D eigenvalue weighted by Gasteiger charge is -2.22. The summed E-state index contributed by atoms with van der Waals surface area (Å²) in [6.07, 6.45) is 7.32. The van der Waals surface area contributed by atoms with Gasteiger partial charge in [-0.3, -0.25) is 0 Å². The van der Waals surface area contributed by atoms with Crippen molar-refractivity contribution in [3.8, 4) is 0 Å². The minimum Gasteiger partial charge on any atom is -0.307 e. The summed E-state index contributed by atoms with van der Waals surface area (Å²) in [5.41, 5.74) is 2.89. The van der Waals surface area contributed by atoms with Gasteiger partial charge in [0.15, 0.2) is 0 Å². The Balaban J connectivity index is 2.26. The van der Waals surface area contributed by atoms with Gasteiger partial charge in [-0.1, -0.05) is 56.5 Å². The topological polar surface area (TPSA) is 12.0 Å². The van der Waals surface area contributed by atoms with Crippen molar-refractivity contribution in [3.63, 3.8) is 0 Å². The Morgan fingerprint density at radius 1 is 1.33 bits per heavy atom. The molecule has 0 spiro atoms. The standard InChI is InChI=1S/C15H19Br2N/c1-2-9-18-15(11-5-3-4-6-11)13-8-7-12(16)10-14(13)17/h5,7-8,10,15,18H,2-4,6,9H2,1H3. The minimum atomic E-state index is 0.370. The van der Waals surface area contributed by atoms with Gasteiger partial charge in [-0.2, -0.15) is 0 Å². The SMILES string of the molecule is CCCNC(C1=CCCC1)c1ccc(Br)cc1Br. The summed E-state index contributed by atoms with van der Waals surface area (Å²) in [5.74, 6) is 0. The Labute approximate surface area is 126 Å². The zero-order valence-corrected chi connectivity index (χ0v) is 13.9. The molecule has 1 aliphatic carbocycles. The monoisotopic (exact) mass is 371 g/mol. The van der Waals surface area contributed by atoms with Crippen LogP contribution in [-0.2, 0) is 0 Å². The maximum atomic E-state index is 3.69. The van der Waals surface area contributed by atoms with Gasteiger partial charge < -0.3 is 5.32 Å². The molecule has 0 radical (unpaired) electrons. The van der Waals surface area contributed by atoms with Crippen LogP contribution < -0.4 is 5.32 Å². The lowest BCUT2D eigenvalue weighted by atomic mass is 9.98. The molecule has 1 aromatic carbocycles. The maximum Gasteiger partial charge on any atom is 0.0547 e. The molecule has 0 aromatic heterocycles. The van der Waals surface area contributed by atoms with Crippen molar-refractivity contribution in [2.45, 2.75) is 38.6 Å². The van der Waals surface area contributed by atoms with Crippen molar-refractivity contribution in [2.75, 3.05) is 6.54 Å². The number of hydrogen-bond acceptors (Lipinski definition) is 1. The molecular formula is C15H19Br2N. The van der Waals surface area contributed by atoms with Gasteiger partial charge >= 0.3 is 0 Å². The molecule has 1 nitrogen and oxygen atoms in total. The lowest BCUT2D eigenvalue weighted by molar-refractivity contribution is 0.577. The van der Waals surface area contributed by atoms with Gasteiger partial charge in [0.2, 0.25) is 0 Å². The van der Waals surface area contributed by atoms with Crippen molar-refractivity contribution in [1.29, 1.82) is 0 Å². The van der Waals surface area contributed by atoms with Gasteiger partial charge in [-0.25, -0.2) is 0 Å². The van der Waals surface area contributed by atoms with E-state index >= 15 is 0 Å². The molecule has 2 rings (SSSR count). The van der Waals surface area contributed by atoms with E-state index in [0.717, 1.165) is 17.4 Å². The summed E-state index contributed by atoms with van der Waals surface area (Å²) >= 11 is 7.21. The van der Waals surface area contributed by atoms with Gasteiger partial charge in [0.05, 0.1) is 6.04 Å². The summed E-state index contributed by atoms with van der Waals surface area (Å²) in [5, 5.41) is 3.67. The van der Waals surface area contributed by atoms with Crippen LogP contribution in [0.5, 0.6) is 0 Å². The van der Waals surface area contributed by atoms with E-state index in [2.05, 4.69) is 68.4 Å². The number of benzene rings is 1. The van der Waals surface area contributed by atoms with Crippen LogP contribution >= 0.6 is 31.9 Å². The predicted octanol–water partition coefficient (Wildman–Crippen LogP) is 5.36. The first-order valence-electron chi connectivity index (χ1n) is 6.59. The molecule has 1 unspecified atom stereocenters. The zero-order chi connectivity index (χ0) is 13.0. The Morgan fingerprint density at radius 3 is 2.78 bits per heavy atom. The predicted molar refractivity (Wildman–Crippen MR) is 84.8 cm³/mol. The lowest BCUT2D eigenvalue weighted by Crippen LogP contribution is -2.23. The van der Waals surface area contributed by atoms with Gasteiger partial charge in [0, 0.05) is 8.95 Å². The van der Waals surface area contributed by atoms with Gasteiger partial charge in [0.1, 0.15) is 0 Å². The third-order valence-corrected chi connectivity index (χ3v) is 4.50. The van der Waals surface area contributed by atoms with E-state index in [1.165, 1.54) is 29.3 Å². The highest BCUT2D eigenvalue weighted by atomic mass is 79.9. The molecule has 0 bridgehead atoms. The van der Waals surface area contributed by atoms with Crippen LogP contribution in [0, 0.1) is 0 Å². The number of allylic oxidation sites excluding steroid dienone is 1. The second-order valence-electron chi connectivity index (χ2n) is 4.72. The van der Waals surface area contributed by atoms with Crippen LogP contribution in [0.4, 0.5) is 0 Å². The number of halogens is 2. The van der Waals surface area contributed by atoms with Crippen molar-refractivity contribution in [3.05, 3.63) is 44.4 Å². The second-order valence-corrected chi connectivity index (χ2v) is 6.49. The van der Waals surface area contributed by atoms with Crippen LogP contribution in [0.25, 0.3) is 0 Å². The molecule has 3 heteroatoms. The zero-order valence-electron chi connectivity index (χ0n) is 10.7. The summed E-state index contributed by atoms with van der Waals surface area (Å²) in [6.45, 7) is 3.27. The van der Waals surface area contributed by atoms with Gasteiger partial charge in [0.25, 0.3) is 0 Å². The highest BCUT2D eigenvalue weighted by molar-refractivity contribution is 9.11. The van der Waals surface area contributed by atoms with Crippen molar-refractivity contribution < 1.29 is 0 Å². The third kappa shape index (κ3) is 3.46. The van der Waals surface area contributed by atoms with E-state index in [0.29, 0.717) is 6.04 Å². The van der Waals surface area contributed by atoms with Crippen LogP contribution in [-0.4, -0.2) is 6.54 Å². The number of hydrogen-bond donors (Lipinski definition) is 1. The molecule has 98 valence electrons. The van der Waals surface area contributed by atoms with Crippen molar-refractivity contribution >= 4 is 31.9 Å². The normalized spacial score (nSPS) is 16.7. The van der Waals surface area contributed by atoms with Crippen LogP contribution in [0.15, 0.2) is 38.8 Å². The quantitative estimate of drug-likeness (QED) is 0.685. The molecule has 1 aliphatic rings. The van der Waals surface area contributed by atoms with Crippen molar-refractivity contribution in [1.82, 2.24) is 5.32 Å². The molecule has 1 atom stereocenters. The Morgan fingerprint density at radius 2 is 2.17 bits per heavy atom. The Bertz CT molecular complexity index is 440. The summed E-state index contributed by atoms with van der Waals surface area (Å²) in [6, 6.07) is 6.83.